The zero-order valence-corrected chi connectivity index (χ0v) is 21.6. The van der Waals surface area contributed by atoms with Crippen molar-refractivity contribution in [3.8, 4) is 11.8 Å². The number of hydrogen-bond acceptors (Lipinski definition) is 17. The molecule has 22 heteroatoms. The fourth-order valence-electron chi connectivity index (χ4n) is 2.88. The average molecular weight is 602 g/mol. The van der Waals surface area contributed by atoms with Gasteiger partial charge in [0.2, 0.25) is 0 Å². The van der Waals surface area contributed by atoms with Crippen molar-refractivity contribution in [1.29, 1.82) is 0 Å². The standard InChI is InChI=1S/C16H21N4O15P3/c17-9(4-13(22)23)15(24)32-3-1-2-8-6-20(16(25)19-14(8)18)12-5-10(21)11(34-12)7-33-38(31,35-26,36(27)28)37(29)30/h6,9-12,21,26,31H,3-5,7,17H2,(H,22,23)(H2,18,19,25)/t9?,10-,11+,12+/m0/s1. The number of esters is 1. The van der Waals surface area contributed by atoms with Gasteiger partial charge in [0.05, 0.1) is 6.42 Å². The zero-order valence-electron chi connectivity index (χ0n) is 18.9. The van der Waals surface area contributed by atoms with Crippen LogP contribution in [0.3, 0.4) is 0 Å². The summed E-state index contributed by atoms with van der Waals surface area (Å²) in [5.74, 6) is 2.19. The molecule has 0 radical (unpaired) electrons. The number of carboxylic acids is 1. The SMILES string of the molecule is Nc1nc(=O)n([C@H]2C[C@H](O)[C@@H](COP(O)(OO)(P(=O)=O)P(=O)=O)O2)cc1C#CCOC(=O)C(N)CC(=O)O. The number of aliphatic hydroxyl groups excluding tert-OH is 1. The average Bonchev–Trinajstić information content (AvgIpc) is 3.20. The van der Waals surface area contributed by atoms with Crippen LogP contribution in [0.2, 0.25) is 0 Å². The van der Waals surface area contributed by atoms with Crippen LogP contribution < -0.4 is 17.2 Å². The van der Waals surface area contributed by atoms with Gasteiger partial charge in [0.15, 0.2) is 0 Å². The minimum atomic E-state index is -6.60. The van der Waals surface area contributed by atoms with Crippen molar-refractivity contribution in [2.45, 2.75) is 37.3 Å². The Balaban J connectivity index is 2.17. The minimum Gasteiger partial charge on any atom is -0.481 e. The van der Waals surface area contributed by atoms with Gasteiger partial charge in [-0.15, -0.1) is 0 Å². The number of nitrogens with two attached hydrogens (primary N) is 2. The number of aliphatic carboxylic acids is 1. The fourth-order valence-corrected chi connectivity index (χ4v) is 6.51. The van der Waals surface area contributed by atoms with Gasteiger partial charge >= 0.3 is 179 Å². The number of carbonyl (C=O) groups excluding carboxylic acids is 1. The first kappa shape index (κ1) is 31.3. The Kier molecular flexibility index (Phi) is 10.2. The molecule has 1 aliphatic rings. The minimum absolute atomic E-state index is 0.0612. The molecule has 1 aromatic heterocycles. The van der Waals surface area contributed by atoms with E-state index in [2.05, 4.69) is 26.0 Å². The van der Waals surface area contributed by atoms with E-state index in [-0.39, 0.29) is 17.8 Å². The Morgan fingerprint density at radius 3 is 2.50 bits per heavy atom. The van der Waals surface area contributed by atoms with E-state index in [0.717, 1.165) is 10.8 Å². The van der Waals surface area contributed by atoms with Crippen molar-refractivity contribution in [2.24, 2.45) is 5.73 Å². The van der Waals surface area contributed by atoms with E-state index < -0.39 is 83.1 Å². The fraction of sp³-hybridized carbons (Fsp3) is 0.500. The number of nitrogen functional groups attached to an aromatic ring is 1. The Morgan fingerprint density at radius 2 is 1.95 bits per heavy atom. The second-order valence-corrected chi connectivity index (χ2v) is 17.6. The van der Waals surface area contributed by atoms with Gasteiger partial charge in [0.1, 0.15) is 6.04 Å². The summed E-state index contributed by atoms with van der Waals surface area (Å²) in [6.45, 7) is -8.22. The van der Waals surface area contributed by atoms with Crippen LogP contribution in [-0.2, 0) is 46.5 Å². The summed E-state index contributed by atoms with van der Waals surface area (Å²) in [5, 5.41) is 27.6. The van der Waals surface area contributed by atoms with Crippen LogP contribution in [-0.4, -0.2) is 73.3 Å². The molecule has 2 heterocycles. The molecule has 0 spiro atoms. The van der Waals surface area contributed by atoms with Crippen LogP contribution in [0.1, 0.15) is 24.6 Å². The molecule has 1 unspecified atom stereocenters. The van der Waals surface area contributed by atoms with E-state index in [1.165, 1.54) is 0 Å². The molecule has 2 rings (SSSR count). The van der Waals surface area contributed by atoms with E-state index in [1.807, 2.05) is 0 Å². The first-order valence-electron chi connectivity index (χ1n) is 10.0. The molecule has 210 valence electrons. The van der Waals surface area contributed by atoms with E-state index in [0.29, 0.717) is 0 Å². The van der Waals surface area contributed by atoms with E-state index in [9.17, 15) is 42.6 Å². The van der Waals surface area contributed by atoms with Crippen molar-refractivity contribution in [2.75, 3.05) is 18.9 Å². The molecule has 0 bridgehead atoms. The number of hydrogen-bond donors (Lipinski definition) is 6. The smallest absolute Gasteiger partial charge is 0.481 e. The number of ether oxygens (including phenoxy) is 2. The van der Waals surface area contributed by atoms with Crippen LogP contribution in [0, 0.1) is 11.8 Å². The van der Waals surface area contributed by atoms with Gasteiger partial charge in [-0.3, -0.25) is 9.59 Å². The molecule has 19 nitrogen and oxygen atoms in total. The van der Waals surface area contributed by atoms with Crippen molar-refractivity contribution in [3.05, 3.63) is 22.2 Å². The van der Waals surface area contributed by atoms with Crippen LogP contribution in [0.15, 0.2) is 11.0 Å². The summed E-state index contributed by atoms with van der Waals surface area (Å²) in [5.41, 5.74) is 9.98. The molecular formula is C16H21N4O15P3. The molecule has 1 aliphatic heterocycles. The van der Waals surface area contributed by atoms with Gasteiger partial charge in [-0.1, -0.05) is 0 Å². The number of nitrogens with zero attached hydrogens (tertiary/aromatic N) is 2. The van der Waals surface area contributed by atoms with E-state index >= 15 is 0 Å². The Morgan fingerprint density at radius 1 is 1.32 bits per heavy atom. The summed E-state index contributed by atoms with van der Waals surface area (Å²) in [6.07, 6.45) is -4.21. The zero-order chi connectivity index (χ0) is 28.9. The molecule has 1 saturated heterocycles. The summed E-state index contributed by atoms with van der Waals surface area (Å²) >= 11 is 0. The Hall–Kier alpha value is -2.87. The molecular weight excluding hydrogens is 581 g/mol. The molecule has 1 aromatic rings. The Bertz CT molecular complexity index is 1330. The third kappa shape index (κ3) is 6.76. The van der Waals surface area contributed by atoms with Gasteiger partial charge in [-0.25, -0.2) is 0 Å². The second kappa shape index (κ2) is 12.3. The number of carboxylic acid groups (broad SMARTS) is 1. The maximum absolute atomic E-state index is 12.3. The predicted octanol–water partition coefficient (Wildman–Crippen LogP) is -0.857. The number of aromatic nitrogens is 2. The van der Waals surface area contributed by atoms with Gasteiger partial charge in [0.25, 0.3) is 0 Å². The van der Waals surface area contributed by atoms with Crippen molar-refractivity contribution >= 4 is 39.2 Å². The van der Waals surface area contributed by atoms with Crippen molar-refractivity contribution in [1.82, 2.24) is 9.55 Å². The van der Waals surface area contributed by atoms with Crippen molar-refractivity contribution < 1.29 is 66.9 Å². The number of anilines is 1. The topological polar surface area (TPSA) is 307 Å². The van der Waals surface area contributed by atoms with Crippen LogP contribution in [0.4, 0.5) is 5.82 Å². The Labute approximate surface area is 212 Å². The molecule has 0 saturated carbocycles. The predicted molar refractivity (Wildman–Crippen MR) is 121 cm³/mol. The monoisotopic (exact) mass is 602 g/mol. The molecule has 0 aromatic carbocycles. The van der Waals surface area contributed by atoms with Crippen LogP contribution in [0.25, 0.3) is 0 Å². The van der Waals surface area contributed by atoms with E-state index in [1.54, 1.807) is 0 Å². The third-order valence-electron chi connectivity index (χ3n) is 4.87. The summed E-state index contributed by atoms with van der Waals surface area (Å²) in [7, 11) is -8.78. The van der Waals surface area contributed by atoms with Gasteiger partial charge in [-0.05, 0) is 0 Å². The normalized spacial score (nSPS) is 20.8. The molecule has 38 heavy (non-hydrogen) atoms. The summed E-state index contributed by atoms with van der Waals surface area (Å²) < 4.78 is 64.2. The quantitative estimate of drug-likeness (QED) is 0.0590. The molecule has 0 amide bonds. The van der Waals surface area contributed by atoms with Gasteiger partial charge < -0.3 is 10.8 Å². The maximum atomic E-state index is 12.3. The van der Waals surface area contributed by atoms with Gasteiger partial charge in [0, 0.05) is 0 Å². The first-order valence-corrected chi connectivity index (χ1v) is 15.8. The summed E-state index contributed by atoms with van der Waals surface area (Å²) in [6, 6.07) is -1.41. The van der Waals surface area contributed by atoms with Gasteiger partial charge in [-0.2, -0.15) is 0 Å². The summed E-state index contributed by atoms with van der Waals surface area (Å²) in [4.78, 5) is 48.1. The molecule has 8 N–H and O–H groups in total. The first-order chi connectivity index (χ1) is 17.6. The van der Waals surface area contributed by atoms with Crippen molar-refractivity contribution in [3.63, 3.8) is 0 Å². The van der Waals surface area contributed by atoms with Crippen LogP contribution in [0.5, 0.6) is 0 Å². The molecule has 4 atom stereocenters. The number of carbonyl (C=O) groups is 2. The second-order valence-electron chi connectivity index (χ2n) is 7.46. The van der Waals surface area contributed by atoms with E-state index in [4.69, 9.17) is 31.3 Å². The molecule has 1 fully saturated rings. The molecule has 0 aliphatic carbocycles. The number of aliphatic hydroxyl groups is 1. The third-order valence-corrected chi connectivity index (χ3v) is 14.0. The number of rotatable bonds is 11. The van der Waals surface area contributed by atoms with Crippen LogP contribution >= 0.6 is 21.4 Å².